The van der Waals surface area contributed by atoms with Gasteiger partial charge < -0.3 is 10.1 Å². The average Bonchev–Trinajstić information content (AvgIpc) is 2.23. The largest absolute Gasteiger partial charge is 0.372 e. The third kappa shape index (κ3) is 2.14. The highest BCUT2D eigenvalue weighted by molar-refractivity contribution is 5.09. The number of ether oxygens (including phenoxy) is 1. The van der Waals surface area contributed by atoms with Gasteiger partial charge in [0.25, 0.3) is 0 Å². The maximum atomic E-state index is 6.26. The van der Waals surface area contributed by atoms with Crippen molar-refractivity contribution in [1.82, 2.24) is 5.32 Å². The molecule has 2 heteroatoms. The quantitative estimate of drug-likeness (QED) is 0.779. The molecule has 94 valence electrons. The molecule has 16 heavy (non-hydrogen) atoms. The van der Waals surface area contributed by atoms with E-state index in [1.807, 2.05) is 0 Å². The predicted molar refractivity (Wildman–Crippen MR) is 67.6 cm³/mol. The summed E-state index contributed by atoms with van der Waals surface area (Å²) in [5, 5.41) is 3.50. The molecular weight excluding hydrogens is 198 g/mol. The summed E-state index contributed by atoms with van der Waals surface area (Å²) in [5.74, 6) is 0. The van der Waals surface area contributed by atoms with Crippen molar-refractivity contribution in [2.45, 2.75) is 77.0 Å². The van der Waals surface area contributed by atoms with Crippen molar-refractivity contribution in [3.05, 3.63) is 0 Å². The van der Waals surface area contributed by atoms with Crippen LogP contribution in [0.2, 0.25) is 0 Å². The van der Waals surface area contributed by atoms with Gasteiger partial charge >= 0.3 is 0 Å². The molecule has 0 amide bonds. The molecule has 2 unspecified atom stereocenters. The van der Waals surface area contributed by atoms with Gasteiger partial charge in [0.05, 0.1) is 11.7 Å². The number of nitrogens with one attached hydrogen (secondary N) is 1. The minimum Gasteiger partial charge on any atom is -0.372 e. The fourth-order valence-electron chi connectivity index (χ4n) is 3.63. The lowest BCUT2D eigenvalue weighted by Gasteiger charge is -2.59. The van der Waals surface area contributed by atoms with Crippen LogP contribution in [0.4, 0.5) is 0 Å². The number of hydrogen-bond acceptors (Lipinski definition) is 2. The first-order valence-electron chi connectivity index (χ1n) is 6.83. The molecule has 2 nitrogen and oxygen atoms in total. The van der Waals surface area contributed by atoms with Crippen molar-refractivity contribution in [2.75, 3.05) is 7.05 Å². The fourth-order valence-corrected chi connectivity index (χ4v) is 3.63. The first kappa shape index (κ1) is 12.4. The summed E-state index contributed by atoms with van der Waals surface area (Å²) in [7, 11) is 2.11. The Kier molecular flexibility index (Phi) is 3.33. The van der Waals surface area contributed by atoms with Crippen LogP contribution < -0.4 is 5.32 Å². The van der Waals surface area contributed by atoms with Crippen LogP contribution in [0.5, 0.6) is 0 Å². The molecule has 0 heterocycles. The van der Waals surface area contributed by atoms with Crippen LogP contribution >= 0.6 is 0 Å². The maximum absolute atomic E-state index is 6.26. The van der Waals surface area contributed by atoms with Gasteiger partial charge in [-0.25, -0.2) is 0 Å². The summed E-state index contributed by atoms with van der Waals surface area (Å²) in [6, 6.07) is 0.695. The molecule has 0 bridgehead atoms. The highest BCUT2D eigenvalue weighted by atomic mass is 16.5. The van der Waals surface area contributed by atoms with E-state index < -0.39 is 0 Å². The minimum absolute atomic E-state index is 0.00776. The summed E-state index contributed by atoms with van der Waals surface area (Å²) in [6.07, 6.45) is 8.61. The lowest BCUT2D eigenvalue weighted by molar-refractivity contribution is -0.196. The Balaban J connectivity index is 2.04. The Morgan fingerprint density at radius 3 is 2.25 bits per heavy atom. The first-order chi connectivity index (χ1) is 7.48. The van der Waals surface area contributed by atoms with Gasteiger partial charge in [0.2, 0.25) is 0 Å². The Morgan fingerprint density at radius 1 is 1.12 bits per heavy atom. The van der Waals surface area contributed by atoms with Crippen LogP contribution in [0, 0.1) is 5.41 Å². The van der Waals surface area contributed by atoms with Crippen LogP contribution in [0.25, 0.3) is 0 Å². The second-order valence-electron chi connectivity index (χ2n) is 6.59. The van der Waals surface area contributed by atoms with Crippen molar-refractivity contribution in [2.24, 2.45) is 5.41 Å². The summed E-state index contributed by atoms with van der Waals surface area (Å²) >= 11 is 0. The molecule has 0 radical (unpaired) electrons. The molecule has 0 aliphatic heterocycles. The normalized spacial score (nSPS) is 33.8. The van der Waals surface area contributed by atoms with Gasteiger partial charge in [-0.3, -0.25) is 0 Å². The SMILES string of the molecule is CNC1CC(OC(C)(C)C)C12CCCCC2. The summed E-state index contributed by atoms with van der Waals surface area (Å²) in [6.45, 7) is 6.53. The monoisotopic (exact) mass is 225 g/mol. The molecule has 0 saturated heterocycles. The lowest BCUT2D eigenvalue weighted by Crippen LogP contribution is -2.64. The second-order valence-corrected chi connectivity index (χ2v) is 6.59. The van der Waals surface area contributed by atoms with Crippen LogP contribution in [0.15, 0.2) is 0 Å². The average molecular weight is 225 g/mol. The molecule has 0 aromatic rings. The van der Waals surface area contributed by atoms with Crippen LogP contribution in [-0.2, 0) is 4.74 Å². The van der Waals surface area contributed by atoms with E-state index in [4.69, 9.17) is 4.74 Å². The minimum atomic E-state index is 0.00776. The number of hydrogen-bond donors (Lipinski definition) is 1. The van der Waals surface area contributed by atoms with Gasteiger partial charge in [-0.05, 0) is 47.1 Å². The Morgan fingerprint density at radius 2 is 1.75 bits per heavy atom. The van der Waals surface area contributed by atoms with Gasteiger partial charge in [0, 0.05) is 11.5 Å². The maximum Gasteiger partial charge on any atom is 0.0668 e. The molecule has 2 aliphatic rings. The highest BCUT2D eigenvalue weighted by Gasteiger charge is 2.55. The van der Waals surface area contributed by atoms with E-state index >= 15 is 0 Å². The molecule has 0 aromatic heterocycles. The first-order valence-corrected chi connectivity index (χ1v) is 6.83. The Labute approximate surface area is 100 Å². The van der Waals surface area contributed by atoms with Crippen LogP contribution in [-0.4, -0.2) is 24.8 Å². The van der Waals surface area contributed by atoms with E-state index in [-0.39, 0.29) is 5.60 Å². The van der Waals surface area contributed by atoms with E-state index in [0.29, 0.717) is 17.6 Å². The summed E-state index contributed by atoms with van der Waals surface area (Å²) < 4.78 is 6.26. The predicted octanol–water partition coefficient (Wildman–Crippen LogP) is 3.11. The van der Waals surface area contributed by atoms with E-state index in [2.05, 4.69) is 33.1 Å². The number of rotatable bonds is 2. The van der Waals surface area contributed by atoms with Crippen molar-refractivity contribution >= 4 is 0 Å². The molecule has 1 spiro atoms. The molecule has 2 fully saturated rings. The van der Waals surface area contributed by atoms with E-state index in [1.165, 1.54) is 38.5 Å². The molecule has 0 aromatic carbocycles. The molecule has 1 N–H and O–H groups in total. The Hall–Kier alpha value is -0.0800. The van der Waals surface area contributed by atoms with Gasteiger partial charge in [-0.1, -0.05) is 19.3 Å². The van der Waals surface area contributed by atoms with Gasteiger partial charge in [0.1, 0.15) is 0 Å². The van der Waals surface area contributed by atoms with Crippen LogP contribution in [0.1, 0.15) is 59.3 Å². The zero-order valence-corrected chi connectivity index (χ0v) is 11.3. The molecule has 2 atom stereocenters. The van der Waals surface area contributed by atoms with Crippen molar-refractivity contribution in [3.63, 3.8) is 0 Å². The van der Waals surface area contributed by atoms with Crippen molar-refractivity contribution in [1.29, 1.82) is 0 Å². The topological polar surface area (TPSA) is 21.3 Å². The van der Waals surface area contributed by atoms with E-state index in [0.717, 1.165) is 0 Å². The zero-order chi connectivity index (χ0) is 11.8. The Bertz CT molecular complexity index is 238. The van der Waals surface area contributed by atoms with E-state index in [9.17, 15) is 0 Å². The lowest BCUT2D eigenvalue weighted by atomic mass is 9.55. The van der Waals surface area contributed by atoms with Gasteiger partial charge in [-0.2, -0.15) is 0 Å². The second kappa shape index (κ2) is 4.30. The third-order valence-electron chi connectivity index (χ3n) is 4.41. The molecule has 2 aliphatic carbocycles. The van der Waals surface area contributed by atoms with E-state index in [1.54, 1.807) is 0 Å². The smallest absolute Gasteiger partial charge is 0.0668 e. The van der Waals surface area contributed by atoms with Crippen molar-refractivity contribution in [3.8, 4) is 0 Å². The molecular formula is C14H27NO. The standard InChI is InChI=1S/C14H27NO/c1-13(2,3)16-12-10-11(15-4)14(12)8-6-5-7-9-14/h11-12,15H,5-10H2,1-4H3. The van der Waals surface area contributed by atoms with Gasteiger partial charge in [0.15, 0.2) is 0 Å². The third-order valence-corrected chi connectivity index (χ3v) is 4.41. The zero-order valence-electron chi connectivity index (χ0n) is 11.3. The van der Waals surface area contributed by atoms with Crippen LogP contribution in [0.3, 0.4) is 0 Å². The molecule has 2 saturated carbocycles. The highest BCUT2D eigenvalue weighted by Crippen LogP contribution is 2.54. The van der Waals surface area contributed by atoms with Crippen molar-refractivity contribution < 1.29 is 4.74 Å². The van der Waals surface area contributed by atoms with Gasteiger partial charge in [-0.15, -0.1) is 0 Å². The summed E-state index contributed by atoms with van der Waals surface area (Å²) in [5.41, 5.74) is 0.466. The fraction of sp³-hybridized carbons (Fsp3) is 1.00. The summed E-state index contributed by atoms with van der Waals surface area (Å²) in [4.78, 5) is 0. The molecule has 2 rings (SSSR count).